The molecule has 0 atom stereocenters. The van der Waals surface area contributed by atoms with Gasteiger partial charge in [-0.25, -0.2) is 0 Å². The van der Waals surface area contributed by atoms with Crippen LogP contribution in [0, 0.1) is 19.8 Å². The molecule has 1 heterocycles. The number of hydrogen-bond donors (Lipinski definition) is 2. The third-order valence-electron chi connectivity index (χ3n) is 5.81. The molecule has 28 heavy (non-hydrogen) atoms. The second kappa shape index (κ2) is 9.08. The summed E-state index contributed by atoms with van der Waals surface area (Å²) in [6.07, 6.45) is 6.06. The van der Waals surface area contributed by atoms with Gasteiger partial charge in [-0.1, -0.05) is 33.1 Å². The van der Waals surface area contributed by atoms with Crippen LogP contribution in [-0.4, -0.2) is 27.6 Å². The second-order valence-corrected chi connectivity index (χ2v) is 9.03. The number of thiocarbonyl (C=S) groups is 1. The Hall–Kier alpha value is -1.88. The number of aromatic nitrogens is 1. The Morgan fingerprint density at radius 1 is 1.18 bits per heavy atom. The number of nitrogens with one attached hydrogen (secondary N) is 2. The van der Waals surface area contributed by atoms with Crippen molar-refractivity contribution in [2.75, 3.05) is 6.54 Å². The van der Waals surface area contributed by atoms with E-state index in [1.807, 2.05) is 6.07 Å². The van der Waals surface area contributed by atoms with Gasteiger partial charge in [-0.05, 0) is 79.5 Å². The Labute approximate surface area is 173 Å². The minimum atomic E-state index is -0.0109. The van der Waals surface area contributed by atoms with E-state index < -0.39 is 0 Å². The number of rotatable bonds is 5. The quantitative estimate of drug-likeness (QED) is 0.709. The van der Waals surface area contributed by atoms with Gasteiger partial charge in [-0.15, -0.1) is 0 Å². The molecule has 2 aromatic rings. The van der Waals surface area contributed by atoms with Gasteiger partial charge in [0.1, 0.15) is 0 Å². The van der Waals surface area contributed by atoms with Gasteiger partial charge in [0.25, 0.3) is 5.56 Å². The molecule has 4 nitrogen and oxygen atoms in total. The summed E-state index contributed by atoms with van der Waals surface area (Å²) in [6, 6.07) is 6.67. The van der Waals surface area contributed by atoms with E-state index >= 15 is 0 Å². The van der Waals surface area contributed by atoms with Crippen LogP contribution in [0.5, 0.6) is 0 Å². The van der Waals surface area contributed by atoms with Crippen LogP contribution in [0.3, 0.4) is 0 Å². The van der Waals surface area contributed by atoms with Gasteiger partial charge in [-0.3, -0.25) is 4.79 Å². The van der Waals surface area contributed by atoms with Crippen molar-refractivity contribution < 1.29 is 0 Å². The lowest BCUT2D eigenvalue weighted by Crippen LogP contribution is -2.47. The fourth-order valence-electron chi connectivity index (χ4n) is 3.98. The summed E-state index contributed by atoms with van der Waals surface area (Å²) in [7, 11) is 0. The predicted molar refractivity (Wildman–Crippen MR) is 122 cm³/mol. The summed E-state index contributed by atoms with van der Waals surface area (Å²) in [4.78, 5) is 18.1. The molecule has 0 unspecified atom stereocenters. The highest BCUT2D eigenvalue weighted by Crippen LogP contribution is 2.25. The first kappa shape index (κ1) is 20.8. The topological polar surface area (TPSA) is 48.1 Å². The third-order valence-corrected chi connectivity index (χ3v) is 6.19. The van der Waals surface area contributed by atoms with Crippen LogP contribution in [0.1, 0.15) is 62.6 Å². The van der Waals surface area contributed by atoms with Gasteiger partial charge in [0, 0.05) is 23.7 Å². The lowest BCUT2D eigenvalue weighted by molar-refractivity contribution is 0.234. The van der Waals surface area contributed by atoms with Crippen molar-refractivity contribution in [1.82, 2.24) is 15.2 Å². The van der Waals surface area contributed by atoms with Crippen LogP contribution in [0.4, 0.5) is 0 Å². The van der Waals surface area contributed by atoms with Crippen LogP contribution in [0.2, 0.25) is 0 Å². The highest BCUT2D eigenvalue weighted by Gasteiger charge is 2.24. The van der Waals surface area contributed by atoms with Crippen molar-refractivity contribution in [3.63, 3.8) is 0 Å². The molecule has 1 aliphatic carbocycles. The zero-order chi connectivity index (χ0) is 20.3. The standard InChI is InChI=1S/C23H33N3OS/c1-15(2)13-24-23(28)26(20-8-6-5-7-9-20)14-19-12-18-10-16(3)17(4)11-21(18)25-22(19)27/h10-12,15,20H,5-9,13-14H2,1-4H3,(H,24,28)(H,25,27). The van der Waals surface area contributed by atoms with Crippen molar-refractivity contribution in [1.29, 1.82) is 0 Å². The molecule has 0 saturated heterocycles. The number of benzene rings is 1. The molecule has 0 radical (unpaired) electrons. The van der Waals surface area contributed by atoms with Gasteiger partial charge in [0.05, 0.1) is 6.54 Å². The number of pyridine rings is 1. The molecule has 0 amide bonds. The summed E-state index contributed by atoms with van der Waals surface area (Å²) in [6.45, 7) is 9.96. The Kier molecular flexibility index (Phi) is 6.76. The molecule has 1 aromatic carbocycles. The minimum absolute atomic E-state index is 0.0109. The Morgan fingerprint density at radius 3 is 2.54 bits per heavy atom. The van der Waals surface area contributed by atoms with E-state index in [4.69, 9.17) is 12.2 Å². The zero-order valence-corrected chi connectivity index (χ0v) is 18.4. The molecule has 1 aromatic heterocycles. The molecule has 1 aliphatic rings. The van der Waals surface area contributed by atoms with Crippen molar-refractivity contribution in [3.05, 3.63) is 45.2 Å². The van der Waals surface area contributed by atoms with Gasteiger partial charge >= 0.3 is 0 Å². The maximum atomic E-state index is 12.8. The Bertz CT molecular complexity index is 897. The molecule has 1 saturated carbocycles. The van der Waals surface area contributed by atoms with E-state index in [1.54, 1.807) is 0 Å². The average molecular weight is 400 g/mol. The molecule has 0 aliphatic heterocycles. The van der Waals surface area contributed by atoms with E-state index in [0.717, 1.165) is 41.0 Å². The number of hydrogen-bond acceptors (Lipinski definition) is 2. The van der Waals surface area contributed by atoms with Crippen molar-refractivity contribution in [3.8, 4) is 0 Å². The monoisotopic (exact) mass is 399 g/mol. The smallest absolute Gasteiger partial charge is 0.253 e. The fraction of sp³-hybridized carbons (Fsp3) is 0.565. The number of fused-ring (bicyclic) bond motifs is 1. The number of aryl methyl sites for hydroxylation is 2. The summed E-state index contributed by atoms with van der Waals surface area (Å²) < 4.78 is 0. The lowest BCUT2D eigenvalue weighted by atomic mass is 9.94. The number of H-pyrrole nitrogens is 1. The summed E-state index contributed by atoms with van der Waals surface area (Å²) in [5.74, 6) is 0.529. The molecular weight excluding hydrogens is 366 g/mol. The predicted octanol–water partition coefficient (Wildman–Crippen LogP) is 4.81. The number of aromatic amines is 1. The molecule has 3 rings (SSSR count). The molecule has 0 spiro atoms. The van der Waals surface area contributed by atoms with Crippen LogP contribution in [0.25, 0.3) is 10.9 Å². The highest BCUT2D eigenvalue weighted by molar-refractivity contribution is 7.80. The summed E-state index contributed by atoms with van der Waals surface area (Å²) in [5, 5.41) is 5.28. The van der Waals surface area contributed by atoms with Crippen LogP contribution < -0.4 is 10.9 Å². The van der Waals surface area contributed by atoms with E-state index in [9.17, 15) is 4.79 Å². The van der Waals surface area contributed by atoms with Crippen molar-refractivity contribution >= 4 is 28.2 Å². The third kappa shape index (κ3) is 4.93. The Balaban J connectivity index is 1.90. The van der Waals surface area contributed by atoms with E-state index in [1.165, 1.54) is 30.4 Å². The molecule has 1 fully saturated rings. The Morgan fingerprint density at radius 2 is 1.86 bits per heavy atom. The molecule has 2 N–H and O–H groups in total. The van der Waals surface area contributed by atoms with Crippen molar-refractivity contribution in [2.24, 2.45) is 5.92 Å². The van der Waals surface area contributed by atoms with Gasteiger partial charge in [-0.2, -0.15) is 0 Å². The molecule has 5 heteroatoms. The molecule has 152 valence electrons. The summed E-state index contributed by atoms with van der Waals surface area (Å²) >= 11 is 5.75. The van der Waals surface area contributed by atoms with Crippen LogP contribution in [-0.2, 0) is 6.54 Å². The van der Waals surface area contributed by atoms with Gasteiger partial charge in [0.2, 0.25) is 0 Å². The van der Waals surface area contributed by atoms with Crippen LogP contribution >= 0.6 is 12.2 Å². The zero-order valence-electron chi connectivity index (χ0n) is 17.6. The second-order valence-electron chi connectivity index (χ2n) is 8.65. The van der Waals surface area contributed by atoms with Gasteiger partial charge < -0.3 is 15.2 Å². The highest BCUT2D eigenvalue weighted by atomic mass is 32.1. The molecular formula is C23H33N3OS. The average Bonchev–Trinajstić information content (AvgIpc) is 2.66. The maximum absolute atomic E-state index is 12.8. The fourth-order valence-corrected chi connectivity index (χ4v) is 4.27. The normalized spacial score (nSPS) is 15.2. The van der Waals surface area contributed by atoms with E-state index in [2.05, 4.69) is 55.0 Å². The first-order valence-electron chi connectivity index (χ1n) is 10.5. The van der Waals surface area contributed by atoms with Crippen molar-refractivity contribution in [2.45, 2.75) is 72.4 Å². The summed E-state index contributed by atoms with van der Waals surface area (Å²) in [5.41, 5.74) is 4.11. The van der Waals surface area contributed by atoms with Gasteiger partial charge in [0.15, 0.2) is 5.11 Å². The lowest BCUT2D eigenvalue weighted by Gasteiger charge is -2.36. The molecule has 0 bridgehead atoms. The van der Waals surface area contributed by atoms with E-state index in [-0.39, 0.29) is 5.56 Å². The minimum Gasteiger partial charge on any atom is -0.362 e. The largest absolute Gasteiger partial charge is 0.362 e. The van der Waals surface area contributed by atoms with Crippen LogP contribution in [0.15, 0.2) is 23.0 Å². The maximum Gasteiger partial charge on any atom is 0.253 e. The van der Waals surface area contributed by atoms with E-state index in [0.29, 0.717) is 18.5 Å². The SMILES string of the molecule is Cc1cc2cc(CN(C(=S)NCC(C)C)C3CCCCC3)c(=O)[nH]c2cc1C. The number of nitrogens with zero attached hydrogens (tertiary/aromatic N) is 1. The first-order valence-corrected chi connectivity index (χ1v) is 10.9. The first-order chi connectivity index (χ1) is 13.3.